The van der Waals surface area contributed by atoms with E-state index < -0.39 is 0 Å². The predicted molar refractivity (Wildman–Crippen MR) is 79.6 cm³/mol. The average molecular weight is 266 g/mol. The number of rotatable bonds is 3. The second-order valence-corrected chi connectivity index (χ2v) is 5.65. The van der Waals surface area contributed by atoms with Gasteiger partial charge in [0.05, 0.1) is 11.3 Å². The number of benzene rings is 2. The van der Waals surface area contributed by atoms with E-state index in [0.717, 1.165) is 18.0 Å². The van der Waals surface area contributed by atoms with Gasteiger partial charge in [0.1, 0.15) is 6.07 Å². The first-order valence-electron chi connectivity index (χ1n) is 6.33. The zero-order chi connectivity index (χ0) is 13.1. The summed E-state index contributed by atoms with van der Waals surface area (Å²) in [4.78, 5) is 1.39. The van der Waals surface area contributed by atoms with Gasteiger partial charge in [-0.05, 0) is 23.8 Å². The fraction of sp³-hybridized carbons (Fsp3) is 0.188. The number of nitrogens with one attached hydrogen (secondary N) is 1. The molecule has 19 heavy (non-hydrogen) atoms. The molecule has 3 rings (SSSR count). The molecule has 1 N–H and O–H groups in total. The van der Waals surface area contributed by atoms with E-state index in [1.165, 1.54) is 10.5 Å². The van der Waals surface area contributed by atoms with Gasteiger partial charge in [-0.15, -0.1) is 11.8 Å². The number of nitrogens with zero attached hydrogens (tertiary/aromatic N) is 1. The normalized spacial score (nSPS) is 16.7. The van der Waals surface area contributed by atoms with Crippen molar-refractivity contribution in [3.63, 3.8) is 0 Å². The fourth-order valence-corrected chi connectivity index (χ4v) is 3.62. The van der Waals surface area contributed by atoms with Gasteiger partial charge < -0.3 is 5.32 Å². The van der Waals surface area contributed by atoms with Crippen LogP contribution in [-0.4, -0.2) is 12.3 Å². The highest BCUT2D eigenvalue weighted by molar-refractivity contribution is 7.99. The Morgan fingerprint density at radius 2 is 1.95 bits per heavy atom. The van der Waals surface area contributed by atoms with Crippen LogP contribution in [0.1, 0.15) is 17.0 Å². The summed E-state index contributed by atoms with van der Waals surface area (Å²) in [6.45, 7) is 0.878. The lowest BCUT2D eigenvalue weighted by Crippen LogP contribution is -2.12. The molecule has 0 saturated heterocycles. The van der Waals surface area contributed by atoms with Crippen LogP contribution in [0.5, 0.6) is 0 Å². The molecule has 3 heteroatoms. The Labute approximate surface area is 117 Å². The van der Waals surface area contributed by atoms with E-state index in [1.54, 1.807) is 0 Å². The van der Waals surface area contributed by atoms with Crippen LogP contribution in [0.25, 0.3) is 0 Å². The second kappa shape index (κ2) is 5.38. The molecule has 1 heterocycles. The van der Waals surface area contributed by atoms with E-state index in [4.69, 9.17) is 5.26 Å². The highest BCUT2D eigenvalue weighted by atomic mass is 32.2. The Morgan fingerprint density at radius 3 is 2.84 bits per heavy atom. The zero-order valence-electron chi connectivity index (χ0n) is 10.5. The first-order chi connectivity index (χ1) is 9.38. The average Bonchev–Trinajstić information content (AvgIpc) is 2.89. The molecule has 2 aromatic carbocycles. The molecular weight excluding hydrogens is 252 g/mol. The van der Waals surface area contributed by atoms with E-state index in [9.17, 15) is 0 Å². The number of para-hydroxylation sites is 1. The largest absolute Gasteiger partial charge is 0.383 e. The van der Waals surface area contributed by atoms with Crippen molar-refractivity contribution >= 4 is 17.4 Å². The van der Waals surface area contributed by atoms with Crippen LogP contribution in [0.3, 0.4) is 0 Å². The standard InChI is InChI=1S/C16H14N2S/c17-9-12-5-1-3-7-15(12)18-10-13-11-19-16-8-4-2-6-14(13)16/h1-8,13,18H,10-11H2. The highest BCUT2D eigenvalue weighted by Gasteiger charge is 2.22. The number of thioether (sulfide) groups is 1. The van der Waals surface area contributed by atoms with Crippen molar-refractivity contribution in [2.45, 2.75) is 10.8 Å². The van der Waals surface area contributed by atoms with Crippen molar-refractivity contribution in [2.75, 3.05) is 17.6 Å². The fourth-order valence-electron chi connectivity index (χ4n) is 2.37. The van der Waals surface area contributed by atoms with Crippen LogP contribution in [0.2, 0.25) is 0 Å². The number of nitriles is 1. The molecule has 1 aliphatic rings. The summed E-state index contributed by atoms with van der Waals surface area (Å²) in [6.07, 6.45) is 0. The molecule has 2 nitrogen and oxygen atoms in total. The second-order valence-electron chi connectivity index (χ2n) is 4.58. The maximum atomic E-state index is 9.07. The summed E-state index contributed by atoms with van der Waals surface area (Å²) in [6, 6.07) is 18.5. The van der Waals surface area contributed by atoms with Gasteiger partial charge in [0.15, 0.2) is 0 Å². The first-order valence-corrected chi connectivity index (χ1v) is 7.32. The molecule has 0 aromatic heterocycles. The van der Waals surface area contributed by atoms with Crippen molar-refractivity contribution in [1.29, 1.82) is 5.26 Å². The Hall–Kier alpha value is -1.92. The van der Waals surface area contributed by atoms with Crippen LogP contribution < -0.4 is 5.32 Å². The zero-order valence-corrected chi connectivity index (χ0v) is 11.3. The number of hydrogen-bond acceptors (Lipinski definition) is 3. The van der Waals surface area contributed by atoms with Crippen molar-refractivity contribution in [2.24, 2.45) is 0 Å². The Balaban J connectivity index is 1.73. The van der Waals surface area contributed by atoms with Crippen LogP contribution in [0.4, 0.5) is 5.69 Å². The summed E-state index contributed by atoms with van der Waals surface area (Å²) < 4.78 is 0. The predicted octanol–water partition coefficient (Wildman–Crippen LogP) is 3.86. The van der Waals surface area contributed by atoms with E-state index in [1.807, 2.05) is 36.0 Å². The van der Waals surface area contributed by atoms with Gasteiger partial charge in [-0.2, -0.15) is 5.26 Å². The number of hydrogen-bond donors (Lipinski definition) is 1. The lowest BCUT2D eigenvalue weighted by atomic mass is 10.0. The molecule has 1 unspecified atom stereocenters. The van der Waals surface area contributed by atoms with Crippen molar-refractivity contribution in [3.05, 3.63) is 59.7 Å². The molecule has 0 spiro atoms. The van der Waals surface area contributed by atoms with E-state index in [0.29, 0.717) is 11.5 Å². The van der Waals surface area contributed by atoms with E-state index in [2.05, 4.69) is 35.7 Å². The molecule has 2 aromatic rings. The van der Waals surface area contributed by atoms with E-state index >= 15 is 0 Å². The van der Waals surface area contributed by atoms with E-state index in [-0.39, 0.29) is 0 Å². The molecule has 0 bridgehead atoms. The minimum atomic E-state index is 0.521. The van der Waals surface area contributed by atoms with Crippen LogP contribution >= 0.6 is 11.8 Å². The summed E-state index contributed by atoms with van der Waals surface area (Å²) in [5.74, 6) is 1.63. The number of fused-ring (bicyclic) bond motifs is 1. The monoisotopic (exact) mass is 266 g/mol. The van der Waals surface area contributed by atoms with Crippen LogP contribution in [-0.2, 0) is 0 Å². The molecule has 1 atom stereocenters. The smallest absolute Gasteiger partial charge is 0.101 e. The highest BCUT2D eigenvalue weighted by Crippen LogP contribution is 2.39. The molecule has 0 aliphatic carbocycles. The molecule has 0 saturated carbocycles. The molecular formula is C16H14N2S. The van der Waals surface area contributed by atoms with Crippen molar-refractivity contribution in [1.82, 2.24) is 0 Å². The van der Waals surface area contributed by atoms with Crippen LogP contribution in [0.15, 0.2) is 53.4 Å². The topological polar surface area (TPSA) is 35.8 Å². The SMILES string of the molecule is N#Cc1ccccc1NCC1CSc2ccccc21. The van der Waals surface area contributed by atoms with Crippen molar-refractivity contribution in [3.8, 4) is 6.07 Å². The lowest BCUT2D eigenvalue weighted by molar-refractivity contribution is 0.818. The molecule has 0 radical (unpaired) electrons. The lowest BCUT2D eigenvalue weighted by Gasteiger charge is -2.13. The molecule has 1 aliphatic heterocycles. The quantitative estimate of drug-likeness (QED) is 0.916. The third kappa shape index (κ3) is 2.45. The molecule has 0 fully saturated rings. The van der Waals surface area contributed by atoms with Gasteiger partial charge in [0.2, 0.25) is 0 Å². The van der Waals surface area contributed by atoms with Gasteiger partial charge in [-0.1, -0.05) is 30.3 Å². The maximum Gasteiger partial charge on any atom is 0.101 e. The summed E-state index contributed by atoms with van der Waals surface area (Å²) in [5.41, 5.74) is 3.07. The number of anilines is 1. The third-order valence-electron chi connectivity index (χ3n) is 3.39. The van der Waals surface area contributed by atoms with Gasteiger partial charge in [-0.25, -0.2) is 0 Å². The minimum Gasteiger partial charge on any atom is -0.383 e. The summed E-state index contributed by atoms with van der Waals surface area (Å²) in [7, 11) is 0. The van der Waals surface area contributed by atoms with Gasteiger partial charge in [0, 0.05) is 23.1 Å². The molecule has 0 amide bonds. The Kier molecular flexibility index (Phi) is 3.43. The van der Waals surface area contributed by atoms with Crippen molar-refractivity contribution < 1.29 is 0 Å². The third-order valence-corrected chi connectivity index (χ3v) is 4.64. The summed E-state index contributed by atoms with van der Waals surface area (Å²) >= 11 is 1.92. The van der Waals surface area contributed by atoms with Gasteiger partial charge in [0.25, 0.3) is 0 Å². The van der Waals surface area contributed by atoms with Gasteiger partial charge >= 0.3 is 0 Å². The summed E-state index contributed by atoms with van der Waals surface area (Å²) in [5, 5.41) is 12.5. The Morgan fingerprint density at radius 1 is 1.16 bits per heavy atom. The molecule has 94 valence electrons. The van der Waals surface area contributed by atoms with Gasteiger partial charge in [-0.3, -0.25) is 0 Å². The maximum absolute atomic E-state index is 9.07. The van der Waals surface area contributed by atoms with Crippen LogP contribution in [0, 0.1) is 11.3 Å². The Bertz CT molecular complexity index is 631. The first kappa shape index (κ1) is 12.1. The minimum absolute atomic E-state index is 0.521.